The number of benzene rings is 2. The lowest BCUT2D eigenvalue weighted by atomic mass is 9.42. The zero-order valence-corrected chi connectivity index (χ0v) is 15.7. The van der Waals surface area contributed by atoms with Crippen LogP contribution < -0.4 is 0 Å². The lowest BCUT2D eigenvalue weighted by Gasteiger charge is -2.64. The monoisotopic (exact) mass is 352 g/mol. The lowest BCUT2D eigenvalue weighted by Crippen LogP contribution is -2.62. The van der Waals surface area contributed by atoms with Crippen LogP contribution in [-0.4, -0.2) is 11.2 Å². The predicted molar refractivity (Wildman–Crippen MR) is 101 cm³/mol. The topological polar surface area (TPSA) is 37.3 Å². The van der Waals surface area contributed by atoms with Gasteiger partial charge in [0.15, 0.2) is 8.46 Å². The maximum Gasteiger partial charge on any atom is 0.172 e. The number of aliphatic hydroxyl groups excluding tert-OH is 1. The first-order chi connectivity index (χ1) is 12.0. The molecule has 4 atom stereocenters. The van der Waals surface area contributed by atoms with Gasteiger partial charge in [-0.05, 0) is 41.2 Å². The standard InChI is InChI=1S/C22H25O2P/c1-21(2)17-13-18(21)20(19(23)14-17)22(25-24,15-9-5-3-6-10-15)16-11-7-4-8-12-16/h3-12,17-20,23H,13-14H2,1-2H3/t17?,18?,19-,20+/m1/s1. The summed E-state index contributed by atoms with van der Waals surface area (Å²) in [6.45, 7) is 4.63. The first-order valence-electron chi connectivity index (χ1n) is 9.15. The van der Waals surface area contributed by atoms with E-state index in [1.807, 2.05) is 36.4 Å². The maximum atomic E-state index is 12.8. The maximum absolute atomic E-state index is 12.8. The predicted octanol–water partition coefficient (Wildman–Crippen LogP) is 5.27. The molecule has 2 aromatic carbocycles. The number of hydrogen-bond acceptors (Lipinski definition) is 2. The minimum Gasteiger partial charge on any atom is -0.393 e. The molecule has 1 N–H and O–H groups in total. The largest absolute Gasteiger partial charge is 0.393 e. The normalized spacial score (nSPS) is 30.7. The summed E-state index contributed by atoms with van der Waals surface area (Å²) in [5.74, 6) is 0.913. The van der Waals surface area contributed by atoms with Gasteiger partial charge in [0, 0.05) is 5.92 Å². The van der Waals surface area contributed by atoms with E-state index in [2.05, 4.69) is 38.1 Å². The number of rotatable bonds is 4. The Hall–Kier alpha value is -1.50. The Balaban J connectivity index is 1.93. The van der Waals surface area contributed by atoms with Crippen molar-refractivity contribution in [2.45, 2.75) is 37.9 Å². The fraction of sp³-hybridized carbons (Fsp3) is 0.455. The highest BCUT2D eigenvalue weighted by Gasteiger charge is 2.63. The lowest BCUT2D eigenvalue weighted by molar-refractivity contribution is -0.168. The summed E-state index contributed by atoms with van der Waals surface area (Å²) >= 11 is 0. The second kappa shape index (κ2) is 6.04. The van der Waals surface area contributed by atoms with Crippen LogP contribution in [0.1, 0.15) is 37.8 Å². The van der Waals surface area contributed by atoms with Crippen molar-refractivity contribution in [1.29, 1.82) is 0 Å². The van der Waals surface area contributed by atoms with E-state index in [0.717, 1.165) is 24.0 Å². The molecule has 0 heterocycles. The van der Waals surface area contributed by atoms with Gasteiger partial charge in [-0.15, -0.1) is 0 Å². The zero-order valence-electron chi connectivity index (χ0n) is 14.8. The van der Waals surface area contributed by atoms with E-state index >= 15 is 0 Å². The molecule has 0 spiro atoms. The Morgan fingerprint density at radius 1 is 0.960 bits per heavy atom. The van der Waals surface area contributed by atoms with Crippen molar-refractivity contribution >= 4 is 8.46 Å². The minimum absolute atomic E-state index is 0.0449. The molecule has 2 unspecified atom stereocenters. The Morgan fingerprint density at radius 2 is 1.48 bits per heavy atom. The van der Waals surface area contributed by atoms with Crippen molar-refractivity contribution in [3.63, 3.8) is 0 Å². The van der Waals surface area contributed by atoms with Gasteiger partial charge in [0.2, 0.25) is 0 Å². The average molecular weight is 352 g/mol. The molecule has 2 nitrogen and oxygen atoms in total. The Kier molecular flexibility index (Phi) is 4.09. The van der Waals surface area contributed by atoms with E-state index in [1.165, 1.54) is 0 Å². The van der Waals surface area contributed by atoms with E-state index in [9.17, 15) is 9.67 Å². The second-order valence-corrected chi connectivity index (χ2v) is 9.17. The van der Waals surface area contributed by atoms with Crippen LogP contribution in [-0.2, 0) is 9.72 Å². The third-order valence-corrected chi connectivity index (χ3v) is 8.08. The molecule has 0 amide bonds. The number of aliphatic hydroxyl groups is 1. The number of fused-ring (bicyclic) bond motifs is 2. The van der Waals surface area contributed by atoms with Crippen molar-refractivity contribution in [2.24, 2.45) is 23.2 Å². The van der Waals surface area contributed by atoms with Crippen LogP contribution in [0.2, 0.25) is 0 Å². The van der Waals surface area contributed by atoms with Gasteiger partial charge in [-0.2, -0.15) is 0 Å². The first-order valence-corrected chi connectivity index (χ1v) is 9.96. The molecular weight excluding hydrogens is 327 g/mol. The van der Waals surface area contributed by atoms with Crippen molar-refractivity contribution in [3.05, 3.63) is 71.8 Å². The molecule has 130 valence electrons. The molecule has 3 fully saturated rings. The molecule has 3 heteroatoms. The van der Waals surface area contributed by atoms with Gasteiger partial charge in [0.1, 0.15) is 5.16 Å². The van der Waals surface area contributed by atoms with E-state index < -0.39 is 11.3 Å². The van der Waals surface area contributed by atoms with Crippen molar-refractivity contribution < 1.29 is 9.67 Å². The van der Waals surface area contributed by atoms with Crippen molar-refractivity contribution in [3.8, 4) is 0 Å². The molecule has 0 saturated heterocycles. The molecule has 3 saturated carbocycles. The summed E-state index contributed by atoms with van der Waals surface area (Å²) in [6.07, 6.45) is 1.52. The van der Waals surface area contributed by atoms with Crippen LogP contribution in [0.3, 0.4) is 0 Å². The second-order valence-electron chi connectivity index (χ2n) is 8.28. The van der Waals surface area contributed by atoms with Gasteiger partial charge in [-0.1, -0.05) is 74.5 Å². The summed E-state index contributed by atoms with van der Waals surface area (Å²) in [4.78, 5) is 0. The molecule has 0 aromatic heterocycles. The van der Waals surface area contributed by atoms with Crippen LogP contribution in [0.15, 0.2) is 60.7 Å². The van der Waals surface area contributed by atoms with Gasteiger partial charge in [0.05, 0.1) is 6.10 Å². The number of hydrogen-bond donors (Lipinski definition) is 1. The van der Waals surface area contributed by atoms with Gasteiger partial charge in [-0.3, -0.25) is 4.57 Å². The Labute approximate surface area is 151 Å². The molecule has 5 rings (SSSR count). The molecule has 2 aromatic rings. The van der Waals surface area contributed by atoms with E-state index in [4.69, 9.17) is 0 Å². The van der Waals surface area contributed by atoms with Crippen LogP contribution in [0, 0.1) is 23.2 Å². The first kappa shape index (κ1) is 16.9. The van der Waals surface area contributed by atoms with Gasteiger partial charge in [0.25, 0.3) is 0 Å². The van der Waals surface area contributed by atoms with Crippen molar-refractivity contribution in [1.82, 2.24) is 0 Å². The minimum atomic E-state index is -0.699. The van der Waals surface area contributed by atoms with Crippen LogP contribution in [0.5, 0.6) is 0 Å². The highest BCUT2D eigenvalue weighted by atomic mass is 31.1. The van der Waals surface area contributed by atoms with Gasteiger partial charge >= 0.3 is 0 Å². The van der Waals surface area contributed by atoms with E-state index in [1.54, 1.807) is 0 Å². The Morgan fingerprint density at radius 3 is 1.92 bits per heavy atom. The molecular formula is C22H25O2P. The third-order valence-electron chi connectivity index (χ3n) is 6.97. The van der Waals surface area contributed by atoms with Crippen LogP contribution >= 0.6 is 8.46 Å². The van der Waals surface area contributed by atoms with Crippen molar-refractivity contribution in [2.75, 3.05) is 0 Å². The summed E-state index contributed by atoms with van der Waals surface area (Å²) in [7, 11) is 0.0602. The van der Waals surface area contributed by atoms with Gasteiger partial charge < -0.3 is 5.11 Å². The smallest absolute Gasteiger partial charge is 0.172 e. The average Bonchev–Trinajstić information content (AvgIpc) is 2.65. The highest BCUT2D eigenvalue weighted by Crippen LogP contribution is 2.67. The zero-order chi connectivity index (χ0) is 17.7. The fourth-order valence-electron chi connectivity index (χ4n) is 5.44. The van der Waals surface area contributed by atoms with Crippen LogP contribution in [0.4, 0.5) is 0 Å². The summed E-state index contributed by atoms with van der Waals surface area (Å²) < 4.78 is 12.8. The molecule has 0 radical (unpaired) electrons. The van der Waals surface area contributed by atoms with E-state index in [-0.39, 0.29) is 19.8 Å². The molecule has 2 bridgehead atoms. The quantitative estimate of drug-likeness (QED) is 0.762. The molecule has 3 aliphatic carbocycles. The summed E-state index contributed by atoms with van der Waals surface area (Å²) in [5, 5.41) is 10.3. The Bertz CT molecular complexity index is 717. The van der Waals surface area contributed by atoms with E-state index in [0.29, 0.717) is 11.8 Å². The SMILES string of the molecule is CC1(C)C2CC1[C@H](C(P=O)(c1ccccc1)c1ccccc1)[C@H](O)C2. The summed E-state index contributed by atoms with van der Waals surface area (Å²) in [5.41, 5.74) is 2.26. The van der Waals surface area contributed by atoms with Crippen LogP contribution in [0.25, 0.3) is 0 Å². The molecule has 3 aliphatic rings. The summed E-state index contributed by atoms with van der Waals surface area (Å²) in [6, 6.07) is 20.2. The molecule has 25 heavy (non-hydrogen) atoms. The third kappa shape index (κ3) is 2.34. The fourth-order valence-corrected chi connectivity index (χ4v) is 6.43. The van der Waals surface area contributed by atoms with Gasteiger partial charge in [-0.25, -0.2) is 0 Å². The highest BCUT2D eigenvalue weighted by molar-refractivity contribution is 7.26. The molecule has 0 aliphatic heterocycles.